The van der Waals surface area contributed by atoms with Crippen LogP contribution in [0.1, 0.15) is 34.7 Å². The van der Waals surface area contributed by atoms with E-state index in [1.165, 1.54) is 24.1 Å². The lowest BCUT2D eigenvalue weighted by Crippen LogP contribution is -2.51. The van der Waals surface area contributed by atoms with Gasteiger partial charge in [-0.25, -0.2) is 8.78 Å². The molecule has 4 nitrogen and oxygen atoms in total. The summed E-state index contributed by atoms with van der Waals surface area (Å²) >= 11 is 37.6. The number of nitrogens with zero attached hydrogens (tertiary/aromatic N) is 1. The van der Waals surface area contributed by atoms with Gasteiger partial charge in [0.05, 0.1) is 31.1 Å². The molecule has 2 saturated carbocycles. The van der Waals surface area contributed by atoms with Crippen molar-refractivity contribution in [2.24, 2.45) is 5.41 Å². The molecule has 2 aromatic rings. The Morgan fingerprint density at radius 3 is 2.23 bits per heavy atom. The highest BCUT2D eigenvalue weighted by atomic mass is 35.5. The summed E-state index contributed by atoms with van der Waals surface area (Å²) in [4.78, 5) is 26.4. The third kappa shape index (κ3) is 4.71. The average molecular weight is 605 g/mol. The Morgan fingerprint density at radius 2 is 1.69 bits per heavy atom. The third-order valence-corrected chi connectivity index (χ3v) is 9.35. The summed E-state index contributed by atoms with van der Waals surface area (Å²) in [6.07, 6.45) is -0.103. The lowest BCUT2D eigenvalue weighted by Gasteiger charge is -2.40. The number of alkyl halides is 4. The largest absolute Gasteiger partial charge is 0.384 e. The highest BCUT2D eigenvalue weighted by molar-refractivity contribution is 6.54. The van der Waals surface area contributed by atoms with Crippen LogP contribution in [-0.4, -0.2) is 47.0 Å². The van der Waals surface area contributed by atoms with E-state index in [0.29, 0.717) is 17.5 Å². The zero-order valence-electron chi connectivity index (χ0n) is 18.0. The van der Waals surface area contributed by atoms with Gasteiger partial charge in [0.15, 0.2) is 0 Å². The van der Waals surface area contributed by atoms with Crippen molar-refractivity contribution >= 4 is 87.5 Å². The monoisotopic (exact) mass is 602 g/mol. The Morgan fingerprint density at radius 1 is 1.09 bits per heavy atom. The first-order valence-electron chi connectivity index (χ1n) is 10.4. The molecule has 2 aliphatic carbocycles. The Balaban J connectivity index is 1.53. The van der Waals surface area contributed by atoms with Crippen molar-refractivity contribution in [1.29, 1.82) is 0 Å². The van der Waals surface area contributed by atoms with Crippen LogP contribution in [0.2, 0.25) is 20.1 Å². The Labute approximate surface area is 230 Å². The van der Waals surface area contributed by atoms with Gasteiger partial charge in [0, 0.05) is 44.1 Å². The van der Waals surface area contributed by atoms with E-state index in [0.717, 1.165) is 0 Å². The average Bonchev–Trinajstić information content (AvgIpc) is 3.28. The van der Waals surface area contributed by atoms with Crippen LogP contribution in [0.25, 0.3) is 0 Å². The molecule has 0 heterocycles. The number of hydrogen-bond acceptors (Lipinski definition) is 3. The third-order valence-electron chi connectivity index (χ3n) is 6.68. The van der Waals surface area contributed by atoms with Crippen molar-refractivity contribution in [1.82, 2.24) is 4.90 Å². The molecule has 12 heteroatoms. The number of hydrogen-bond donors (Lipinski definition) is 1. The van der Waals surface area contributed by atoms with Gasteiger partial charge in [0.1, 0.15) is 10.6 Å². The van der Waals surface area contributed by atoms with Crippen molar-refractivity contribution in [3.8, 4) is 0 Å². The zero-order valence-corrected chi connectivity index (χ0v) is 22.6. The Hall–Kier alpha value is -1.02. The maximum absolute atomic E-state index is 13.2. The molecule has 4 rings (SSSR count). The zero-order chi connectivity index (χ0) is 25.9. The van der Waals surface area contributed by atoms with Crippen LogP contribution >= 0.6 is 69.6 Å². The molecule has 0 aromatic heterocycles. The molecular weight excluding hydrogens is 587 g/mol. The first-order chi connectivity index (χ1) is 16.2. The fourth-order valence-corrected chi connectivity index (χ4v) is 6.22. The van der Waals surface area contributed by atoms with Crippen LogP contribution in [0.5, 0.6) is 0 Å². The molecule has 0 spiro atoms. The number of halogens is 8. The van der Waals surface area contributed by atoms with Crippen molar-refractivity contribution in [2.45, 2.75) is 35.1 Å². The van der Waals surface area contributed by atoms with Gasteiger partial charge in [0.2, 0.25) is 0 Å². The number of nitrogens with one attached hydrogen (secondary N) is 1. The van der Waals surface area contributed by atoms with Crippen molar-refractivity contribution < 1.29 is 18.4 Å². The van der Waals surface area contributed by atoms with Crippen LogP contribution in [0, 0.1) is 5.41 Å². The van der Waals surface area contributed by atoms with Crippen LogP contribution in [0.15, 0.2) is 30.3 Å². The fourth-order valence-electron chi connectivity index (χ4n) is 4.44. The van der Waals surface area contributed by atoms with Crippen molar-refractivity contribution in [2.75, 3.05) is 18.9 Å². The minimum Gasteiger partial charge on any atom is -0.384 e. The maximum atomic E-state index is 13.2. The number of carbonyl (C=O) groups excluding carboxylic acids is 2. The minimum atomic E-state index is -2.76. The summed E-state index contributed by atoms with van der Waals surface area (Å²) in [5.41, 5.74) is -0.0713. The smallest absolute Gasteiger partial charge is 0.255 e. The first-order valence-corrected chi connectivity index (χ1v) is 12.7. The predicted octanol–water partition coefficient (Wildman–Crippen LogP) is 7.74. The molecule has 1 amide bonds. The van der Waals surface area contributed by atoms with Crippen molar-refractivity contribution in [3.05, 3.63) is 61.5 Å². The van der Waals surface area contributed by atoms with E-state index >= 15 is 0 Å². The minimum absolute atomic E-state index is 0.0198. The van der Waals surface area contributed by atoms with E-state index in [9.17, 15) is 18.4 Å². The molecular formula is C23H18Cl6F2N2O2. The fraction of sp³-hybridized carbons (Fsp3) is 0.391. The topological polar surface area (TPSA) is 49.4 Å². The van der Waals surface area contributed by atoms with Crippen LogP contribution in [-0.2, 0) is 4.79 Å². The van der Waals surface area contributed by atoms with Crippen LogP contribution in [0.4, 0.5) is 14.5 Å². The van der Waals surface area contributed by atoms with E-state index in [1.54, 1.807) is 18.2 Å². The number of benzene rings is 2. The summed E-state index contributed by atoms with van der Waals surface area (Å²) in [7, 11) is 1.46. The van der Waals surface area contributed by atoms with E-state index in [4.69, 9.17) is 69.6 Å². The van der Waals surface area contributed by atoms with E-state index in [2.05, 4.69) is 5.32 Å². The molecule has 1 N–H and O–H groups in total. The van der Waals surface area contributed by atoms with Crippen molar-refractivity contribution in [3.63, 3.8) is 0 Å². The van der Waals surface area contributed by atoms with Gasteiger partial charge in [-0.3, -0.25) is 4.79 Å². The molecule has 2 atom stereocenters. The van der Waals surface area contributed by atoms with E-state index in [1.807, 2.05) is 0 Å². The SMILES string of the molecule is CN(C(=O)c1cc(NCC2(C=O)C(c3cc(Cl)c(Cl)c(Cl)c3)C2(Cl)Cl)ccc1Cl)C1CC(F)(F)C1. The summed E-state index contributed by atoms with van der Waals surface area (Å²) in [6, 6.07) is 7.17. The predicted molar refractivity (Wildman–Crippen MR) is 137 cm³/mol. The van der Waals surface area contributed by atoms with Gasteiger partial charge in [-0.15, -0.1) is 0 Å². The second-order valence-electron chi connectivity index (χ2n) is 8.89. The second kappa shape index (κ2) is 9.38. The molecule has 35 heavy (non-hydrogen) atoms. The van der Waals surface area contributed by atoms with Gasteiger partial charge >= 0.3 is 0 Å². The quantitative estimate of drug-likeness (QED) is 0.200. The summed E-state index contributed by atoms with van der Waals surface area (Å²) < 4.78 is 25.0. The molecule has 0 aliphatic heterocycles. The first kappa shape index (κ1) is 27.0. The summed E-state index contributed by atoms with van der Waals surface area (Å²) in [5, 5.41) is 3.83. The molecule has 188 valence electrons. The molecule has 2 aliphatic rings. The highest BCUT2D eigenvalue weighted by Crippen LogP contribution is 2.73. The summed E-state index contributed by atoms with van der Waals surface area (Å²) in [6.45, 7) is 0.0198. The lowest BCUT2D eigenvalue weighted by molar-refractivity contribution is -0.113. The number of aldehydes is 1. The summed E-state index contributed by atoms with van der Waals surface area (Å²) in [5.74, 6) is -3.87. The normalized spacial score (nSPS) is 24.4. The maximum Gasteiger partial charge on any atom is 0.255 e. The molecule has 0 radical (unpaired) electrons. The van der Waals surface area contributed by atoms with E-state index in [-0.39, 0.29) is 45.0 Å². The molecule has 2 aromatic carbocycles. The standard InChI is InChI=1S/C23H18Cl6F2N2O2/c1-33(13-7-22(30,31)8-13)20(35)14-6-12(2-3-15(14)24)32-9-21(10-34)19(23(21,28)29)11-4-16(25)18(27)17(26)5-11/h2-6,10,13,19,32H,7-9H2,1H3. The Kier molecular flexibility index (Phi) is 7.24. The lowest BCUT2D eigenvalue weighted by atomic mass is 9.87. The van der Waals surface area contributed by atoms with Gasteiger partial charge < -0.3 is 15.0 Å². The van der Waals surface area contributed by atoms with Gasteiger partial charge in [-0.05, 0) is 35.9 Å². The molecule has 0 bridgehead atoms. The number of rotatable bonds is 7. The van der Waals surface area contributed by atoms with E-state index < -0.39 is 33.5 Å². The highest BCUT2D eigenvalue weighted by Gasteiger charge is 2.76. The number of carbonyl (C=O) groups is 2. The molecule has 0 saturated heterocycles. The molecule has 2 fully saturated rings. The number of anilines is 1. The van der Waals surface area contributed by atoms with Gasteiger partial charge in [-0.1, -0.05) is 69.6 Å². The Bertz CT molecular complexity index is 1180. The molecule has 2 unspecified atom stereocenters. The van der Waals surface area contributed by atoms with Gasteiger partial charge in [0.25, 0.3) is 11.8 Å². The second-order valence-corrected chi connectivity index (χ2v) is 11.9. The van der Waals surface area contributed by atoms with Crippen LogP contribution in [0.3, 0.4) is 0 Å². The number of amides is 1. The van der Waals surface area contributed by atoms with Gasteiger partial charge in [-0.2, -0.15) is 0 Å². The van der Waals surface area contributed by atoms with Crippen LogP contribution < -0.4 is 5.32 Å².